The van der Waals surface area contributed by atoms with Gasteiger partial charge in [0.15, 0.2) is 16.6 Å². The highest BCUT2D eigenvalue weighted by atomic mass is 16.6. The van der Waals surface area contributed by atoms with E-state index in [0.29, 0.717) is 6.42 Å². The fraction of sp³-hybridized carbons (Fsp3) is 0.750. The summed E-state index contributed by atoms with van der Waals surface area (Å²) in [5.41, 5.74) is -3.68. The second-order valence-corrected chi connectivity index (χ2v) is 6.96. The summed E-state index contributed by atoms with van der Waals surface area (Å²) >= 11 is 0. The Kier molecular flexibility index (Phi) is 3.44. The summed E-state index contributed by atoms with van der Waals surface area (Å²) in [7, 11) is 0. The molecule has 1 saturated heterocycles. The quantitative estimate of drug-likeness (QED) is 0.538. The summed E-state index contributed by atoms with van der Waals surface area (Å²) in [5.74, 6) is -2.58. The second-order valence-electron chi connectivity index (χ2n) is 6.96. The number of fused-ring (bicyclic) bond motifs is 1. The van der Waals surface area contributed by atoms with Gasteiger partial charge in [-0.2, -0.15) is 0 Å². The molecule has 0 N–H and O–H groups in total. The molecule has 1 heterocycles. The van der Waals surface area contributed by atoms with E-state index in [0.717, 1.165) is 0 Å². The molecule has 4 aliphatic rings. The van der Waals surface area contributed by atoms with E-state index in [4.69, 9.17) is 18.9 Å². The monoisotopic (exact) mass is 340 g/mol. The Morgan fingerprint density at radius 1 is 1.12 bits per heavy atom. The number of hydrogen-bond acceptors (Lipinski definition) is 8. The summed E-state index contributed by atoms with van der Waals surface area (Å²) in [6.45, 7) is 5.17. The summed E-state index contributed by atoms with van der Waals surface area (Å²) in [6.07, 6.45) is -0.0153. The van der Waals surface area contributed by atoms with Crippen LogP contribution in [-0.2, 0) is 38.1 Å². The van der Waals surface area contributed by atoms with E-state index in [9.17, 15) is 19.2 Å². The van der Waals surface area contributed by atoms with Gasteiger partial charge in [-0.25, -0.2) is 0 Å². The molecule has 0 spiro atoms. The van der Waals surface area contributed by atoms with Crippen LogP contribution in [-0.4, -0.2) is 47.8 Å². The fourth-order valence-electron chi connectivity index (χ4n) is 4.72. The zero-order chi connectivity index (χ0) is 17.9. The van der Waals surface area contributed by atoms with Crippen molar-refractivity contribution in [2.75, 3.05) is 6.61 Å². The fourth-order valence-corrected chi connectivity index (χ4v) is 4.72. The van der Waals surface area contributed by atoms with Gasteiger partial charge in [-0.15, -0.1) is 0 Å². The van der Waals surface area contributed by atoms with Crippen molar-refractivity contribution in [3.05, 3.63) is 0 Å². The van der Waals surface area contributed by atoms with E-state index >= 15 is 0 Å². The van der Waals surface area contributed by atoms with Crippen molar-refractivity contribution in [1.82, 2.24) is 0 Å². The highest BCUT2D eigenvalue weighted by molar-refractivity contribution is 5.87. The van der Waals surface area contributed by atoms with Gasteiger partial charge in [0.25, 0.3) is 0 Å². The van der Waals surface area contributed by atoms with Crippen molar-refractivity contribution in [3.63, 3.8) is 0 Å². The molecule has 4 fully saturated rings. The van der Waals surface area contributed by atoms with E-state index in [-0.39, 0.29) is 13.0 Å². The van der Waals surface area contributed by atoms with Crippen molar-refractivity contribution in [2.45, 2.75) is 57.8 Å². The molecule has 3 saturated carbocycles. The van der Waals surface area contributed by atoms with Crippen LogP contribution in [0.4, 0.5) is 0 Å². The first kappa shape index (κ1) is 16.7. The van der Waals surface area contributed by atoms with Gasteiger partial charge >= 0.3 is 23.9 Å². The van der Waals surface area contributed by atoms with Crippen LogP contribution in [0.5, 0.6) is 0 Å². The highest BCUT2D eigenvalue weighted by Crippen LogP contribution is 2.73. The lowest BCUT2D eigenvalue weighted by Crippen LogP contribution is -2.79. The molecule has 24 heavy (non-hydrogen) atoms. The van der Waals surface area contributed by atoms with Crippen molar-refractivity contribution < 1.29 is 38.1 Å². The van der Waals surface area contributed by atoms with Gasteiger partial charge in [-0.1, -0.05) is 0 Å². The minimum absolute atomic E-state index is 0.234. The molecule has 5 atom stereocenters. The first-order chi connectivity index (χ1) is 11.1. The normalized spacial score (nSPS) is 41.8. The van der Waals surface area contributed by atoms with Gasteiger partial charge < -0.3 is 18.9 Å². The zero-order valence-corrected chi connectivity index (χ0v) is 14.0. The molecule has 0 aromatic carbocycles. The molecule has 0 aromatic rings. The van der Waals surface area contributed by atoms with Crippen LogP contribution in [0, 0.1) is 11.3 Å². The topological polar surface area (TPSA) is 105 Å². The smallest absolute Gasteiger partial charge is 0.321 e. The average Bonchev–Trinajstić information content (AvgIpc) is 2.46. The molecule has 4 bridgehead atoms. The Morgan fingerprint density at radius 3 is 2.33 bits per heavy atom. The number of rotatable bonds is 4. The predicted molar refractivity (Wildman–Crippen MR) is 76.3 cm³/mol. The maximum absolute atomic E-state index is 12.7. The lowest BCUT2D eigenvalue weighted by Gasteiger charge is -2.64. The molecular weight excluding hydrogens is 320 g/mol. The van der Waals surface area contributed by atoms with Crippen LogP contribution < -0.4 is 0 Å². The van der Waals surface area contributed by atoms with E-state index in [1.54, 1.807) is 6.92 Å². The van der Waals surface area contributed by atoms with Gasteiger partial charge in [0.05, 0.1) is 0 Å². The van der Waals surface area contributed by atoms with E-state index < -0.39 is 52.5 Å². The molecular formula is C16H20O8. The Morgan fingerprint density at radius 2 is 1.79 bits per heavy atom. The summed E-state index contributed by atoms with van der Waals surface area (Å²) in [5, 5.41) is 0. The lowest BCUT2D eigenvalue weighted by atomic mass is 9.40. The third kappa shape index (κ3) is 1.85. The Bertz CT molecular complexity index is 642. The maximum Gasteiger partial charge on any atom is 0.321 e. The van der Waals surface area contributed by atoms with Crippen molar-refractivity contribution in [3.8, 4) is 0 Å². The average molecular weight is 340 g/mol. The van der Waals surface area contributed by atoms with Gasteiger partial charge in [0.2, 0.25) is 0 Å². The largest absolute Gasteiger partial charge is 0.464 e. The van der Waals surface area contributed by atoms with E-state index in [2.05, 4.69) is 0 Å². The minimum atomic E-state index is -1.34. The van der Waals surface area contributed by atoms with Gasteiger partial charge in [0.1, 0.15) is 12.7 Å². The molecule has 0 aromatic heterocycles. The molecule has 8 nitrogen and oxygen atoms in total. The number of carbonyl (C=O) groups is 4. The van der Waals surface area contributed by atoms with Crippen LogP contribution >= 0.6 is 0 Å². The first-order valence-corrected chi connectivity index (χ1v) is 7.81. The number of carbonyl (C=O) groups excluding carboxylic acids is 4. The molecule has 0 radical (unpaired) electrons. The lowest BCUT2D eigenvalue weighted by molar-refractivity contribution is -0.302. The molecule has 0 amide bonds. The van der Waals surface area contributed by atoms with Crippen molar-refractivity contribution in [2.24, 2.45) is 11.3 Å². The number of esters is 4. The maximum atomic E-state index is 12.7. The number of ether oxygens (including phenoxy) is 4. The van der Waals surface area contributed by atoms with Crippen LogP contribution in [0.1, 0.15) is 40.5 Å². The highest BCUT2D eigenvalue weighted by Gasteiger charge is 2.89. The predicted octanol–water partition coefficient (Wildman–Crippen LogP) is 0.509. The van der Waals surface area contributed by atoms with Gasteiger partial charge in [-0.3, -0.25) is 19.2 Å². The van der Waals surface area contributed by atoms with E-state index in [1.807, 2.05) is 0 Å². The third-order valence-corrected chi connectivity index (χ3v) is 5.58. The third-order valence-electron chi connectivity index (χ3n) is 5.58. The summed E-state index contributed by atoms with van der Waals surface area (Å²) in [6, 6.07) is 0. The summed E-state index contributed by atoms with van der Waals surface area (Å²) in [4.78, 5) is 47.1. The van der Waals surface area contributed by atoms with Crippen LogP contribution in [0.15, 0.2) is 0 Å². The standard InChI is InChI=1S/C16H20O8/c1-8(17)21-7-15-11-5-16(15,23-10(3)19)14(4,24-13(15)20)6-12(11)22-9(2)18/h11-12H,5-7H2,1-4H3/t11-,12+,14-,15-,16-/m0/s1. The van der Waals surface area contributed by atoms with Crippen molar-refractivity contribution >= 4 is 23.9 Å². The molecule has 4 rings (SSSR count). The van der Waals surface area contributed by atoms with Crippen LogP contribution in [0.25, 0.3) is 0 Å². The molecule has 8 heteroatoms. The SMILES string of the molecule is CC(=O)OC[C@@]12C(=O)O[C@@]3(C)C[C@@H](OC(C)=O)[C@@H]1C[C@]32OC(C)=O. The van der Waals surface area contributed by atoms with E-state index in [1.165, 1.54) is 20.8 Å². The molecule has 3 aliphatic carbocycles. The minimum Gasteiger partial charge on any atom is -0.464 e. The van der Waals surface area contributed by atoms with Gasteiger partial charge in [-0.05, 0) is 6.92 Å². The Hall–Kier alpha value is -2.12. The number of hydrogen-bond donors (Lipinski definition) is 0. The first-order valence-electron chi connectivity index (χ1n) is 7.81. The molecule has 0 unspecified atom stereocenters. The second kappa shape index (κ2) is 4.94. The molecule has 1 aliphatic heterocycles. The van der Waals surface area contributed by atoms with Crippen molar-refractivity contribution in [1.29, 1.82) is 0 Å². The van der Waals surface area contributed by atoms with Crippen LogP contribution in [0.3, 0.4) is 0 Å². The Labute approximate surface area is 138 Å². The molecule has 132 valence electrons. The zero-order valence-electron chi connectivity index (χ0n) is 14.0. The summed E-state index contributed by atoms with van der Waals surface area (Å²) < 4.78 is 21.6. The van der Waals surface area contributed by atoms with Gasteiger partial charge in [0, 0.05) is 39.5 Å². The van der Waals surface area contributed by atoms with Crippen LogP contribution in [0.2, 0.25) is 0 Å². The Balaban J connectivity index is 2.05.